The first-order chi connectivity index (χ1) is 10.6. The molecule has 2 aliphatic rings. The number of ether oxygens (including phenoxy) is 1. The highest BCUT2D eigenvalue weighted by atomic mass is 35.5. The molecule has 7 heteroatoms. The second kappa shape index (κ2) is 7.94. The van der Waals surface area contributed by atoms with E-state index in [1.165, 1.54) is 11.3 Å². The van der Waals surface area contributed by atoms with Crippen LogP contribution in [0.25, 0.3) is 0 Å². The number of aliphatic hydroxyl groups excluding tert-OH is 1. The minimum atomic E-state index is -0.544. The van der Waals surface area contributed by atoms with Gasteiger partial charge in [-0.1, -0.05) is 6.07 Å². The lowest BCUT2D eigenvalue weighted by molar-refractivity contribution is -0.143. The molecule has 23 heavy (non-hydrogen) atoms. The Kier molecular flexibility index (Phi) is 6.45. The van der Waals surface area contributed by atoms with Crippen molar-refractivity contribution < 1.29 is 14.6 Å². The Hall–Kier alpha value is -0.660. The van der Waals surface area contributed by atoms with Crippen molar-refractivity contribution in [3.63, 3.8) is 0 Å². The molecule has 1 aromatic heterocycles. The fourth-order valence-electron chi connectivity index (χ4n) is 3.24. The summed E-state index contributed by atoms with van der Waals surface area (Å²) in [7, 11) is 0. The Balaban J connectivity index is 0.00000192. The van der Waals surface area contributed by atoms with E-state index in [0.29, 0.717) is 32.6 Å². The van der Waals surface area contributed by atoms with Gasteiger partial charge in [0, 0.05) is 29.8 Å². The molecule has 2 fully saturated rings. The molecule has 0 aromatic carbocycles. The van der Waals surface area contributed by atoms with Crippen molar-refractivity contribution in [3.8, 4) is 0 Å². The number of hydrogen-bond donors (Lipinski definition) is 2. The summed E-state index contributed by atoms with van der Waals surface area (Å²) < 4.78 is 5.52. The fraction of sp³-hybridized carbons (Fsp3) is 0.688. The maximum Gasteiger partial charge on any atom is 0.224 e. The summed E-state index contributed by atoms with van der Waals surface area (Å²) >= 11 is 1.54. The quantitative estimate of drug-likeness (QED) is 0.843. The molecule has 1 saturated carbocycles. The number of carbonyl (C=O) groups is 1. The minimum Gasteiger partial charge on any atom is -0.387 e. The zero-order valence-corrected chi connectivity index (χ0v) is 14.8. The van der Waals surface area contributed by atoms with Crippen molar-refractivity contribution in [1.29, 1.82) is 0 Å². The number of thiophene rings is 1. The van der Waals surface area contributed by atoms with Gasteiger partial charge in [0.05, 0.1) is 25.4 Å². The van der Waals surface area contributed by atoms with Gasteiger partial charge in [-0.05, 0) is 30.7 Å². The summed E-state index contributed by atoms with van der Waals surface area (Å²) in [5.74, 6) is 0.105. The van der Waals surface area contributed by atoms with E-state index in [0.717, 1.165) is 24.1 Å². The van der Waals surface area contributed by atoms with Gasteiger partial charge in [-0.15, -0.1) is 23.7 Å². The van der Waals surface area contributed by atoms with Gasteiger partial charge >= 0.3 is 0 Å². The van der Waals surface area contributed by atoms with E-state index in [1.807, 2.05) is 22.4 Å². The topological polar surface area (TPSA) is 75.8 Å². The summed E-state index contributed by atoms with van der Waals surface area (Å²) in [5, 5.41) is 12.3. The third-order valence-corrected chi connectivity index (χ3v) is 5.74. The predicted molar refractivity (Wildman–Crippen MR) is 92.9 cm³/mol. The molecule has 1 saturated heterocycles. The van der Waals surface area contributed by atoms with Crippen molar-refractivity contribution >= 4 is 29.7 Å². The summed E-state index contributed by atoms with van der Waals surface area (Å²) in [6.45, 7) is 1.65. The average Bonchev–Trinajstić information content (AvgIpc) is 3.00. The SMILES string of the molecule is Cl.NC1(CC(=O)N2CCOCC2CC(O)c2cccs2)CCC1. The van der Waals surface area contributed by atoms with Crippen LogP contribution >= 0.6 is 23.7 Å². The van der Waals surface area contributed by atoms with Crippen LogP contribution in [0.5, 0.6) is 0 Å². The highest BCUT2D eigenvalue weighted by molar-refractivity contribution is 7.10. The summed E-state index contributed by atoms with van der Waals surface area (Å²) in [6, 6.07) is 3.79. The van der Waals surface area contributed by atoms with Crippen molar-refractivity contribution in [1.82, 2.24) is 4.90 Å². The molecule has 5 nitrogen and oxygen atoms in total. The largest absolute Gasteiger partial charge is 0.387 e. The summed E-state index contributed by atoms with van der Waals surface area (Å²) in [5.41, 5.74) is 5.91. The zero-order chi connectivity index (χ0) is 15.6. The first-order valence-corrected chi connectivity index (χ1v) is 8.83. The smallest absolute Gasteiger partial charge is 0.224 e. The normalized spacial score (nSPS) is 24.4. The highest BCUT2D eigenvalue weighted by Crippen LogP contribution is 2.33. The Bertz CT molecular complexity index is 507. The number of rotatable bonds is 5. The van der Waals surface area contributed by atoms with E-state index in [9.17, 15) is 9.90 Å². The lowest BCUT2D eigenvalue weighted by atomic mass is 9.75. The van der Waals surface area contributed by atoms with Crippen LogP contribution in [-0.2, 0) is 9.53 Å². The number of hydrogen-bond acceptors (Lipinski definition) is 5. The van der Waals surface area contributed by atoms with Gasteiger partial charge < -0.3 is 20.5 Å². The van der Waals surface area contributed by atoms with E-state index >= 15 is 0 Å². The van der Waals surface area contributed by atoms with Crippen LogP contribution in [0.3, 0.4) is 0 Å². The molecular formula is C16H25ClN2O3S. The number of nitrogens with zero attached hydrogens (tertiary/aromatic N) is 1. The number of carbonyl (C=O) groups excluding carboxylic acids is 1. The van der Waals surface area contributed by atoms with E-state index in [4.69, 9.17) is 10.5 Å². The molecule has 2 heterocycles. The molecular weight excluding hydrogens is 336 g/mol. The molecule has 1 aliphatic heterocycles. The fourth-order valence-corrected chi connectivity index (χ4v) is 3.97. The molecule has 0 spiro atoms. The lowest BCUT2D eigenvalue weighted by Gasteiger charge is -2.42. The molecule has 0 bridgehead atoms. The van der Waals surface area contributed by atoms with Crippen LogP contribution < -0.4 is 5.73 Å². The molecule has 3 rings (SSSR count). The van der Waals surface area contributed by atoms with Crippen LogP contribution in [0.4, 0.5) is 0 Å². The third kappa shape index (κ3) is 4.45. The van der Waals surface area contributed by atoms with Crippen molar-refractivity contribution in [2.75, 3.05) is 19.8 Å². The Morgan fingerprint density at radius 2 is 2.35 bits per heavy atom. The molecule has 2 atom stereocenters. The lowest BCUT2D eigenvalue weighted by Crippen LogP contribution is -2.55. The molecule has 1 amide bonds. The van der Waals surface area contributed by atoms with Crippen LogP contribution in [0, 0.1) is 0 Å². The van der Waals surface area contributed by atoms with Crippen molar-refractivity contribution in [2.24, 2.45) is 5.73 Å². The number of halogens is 1. The highest BCUT2D eigenvalue weighted by Gasteiger charge is 2.38. The number of amides is 1. The van der Waals surface area contributed by atoms with Crippen LogP contribution in [0.2, 0.25) is 0 Å². The van der Waals surface area contributed by atoms with Gasteiger partial charge in [-0.25, -0.2) is 0 Å². The second-order valence-corrected chi connectivity index (χ2v) is 7.45. The summed E-state index contributed by atoms with van der Waals surface area (Å²) in [4.78, 5) is 15.4. The molecule has 2 unspecified atom stereocenters. The first kappa shape index (κ1) is 18.7. The number of nitrogens with two attached hydrogens (primary N) is 1. The molecule has 1 aliphatic carbocycles. The maximum atomic E-state index is 12.6. The van der Waals surface area contributed by atoms with Gasteiger partial charge in [0.2, 0.25) is 5.91 Å². The van der Waals surface area contributed by atoms with Gasteiger partial charge in [0.25, 0.3) is 0 Å². The van der Waals surface area contributed by atoms with Gasteiger partial charge in [-0.3, -0.25) is 4.79 Å². The van der Waals surface area contributed by atoms with E-state index < -0.39 is 6.10 Å². The zero-order valence-electron chi connectivity index (χ0n) is 13.1. The Labute approximate surface area is 147 Å². The molecule has 130 valence electrons. The van der Waals surface area contributed by atoms with Crippen LogP contribution in [0.1, 0.15) is 43.1 Å². The maximum absolute atomic E-state index is 12.6. The number of morpholine rings is 1. The van der Waals surface area contributed by atoms with E-state index in [-0.39, 0.29) is 29.9 Å². The second-order valence-electron chi connectivity index (χ2n) is 6.48. The number of aliphatic hydroxyl groups is 1. The molecule has 0 radical (unpaired) electrons. The minimum absolute atomic E-state index is 0. The van der Waals surface area contributed by atoms with Gasteiger partial charge in [0.15, 0.2) is 0 Å². The van der Waals surface area contributed by atoms with E-state index in [1.54, 1.807) is 0 Å². The average molecular weight is 361 g/mol. The Morgan fingerprint density at radius 3 is 2.96 bits per heavy atom. The van der Waals surface area contributed by atoms with Crippen LogP contribution in [0.15, 0.2) is 17.5 Å². The van der Waals surface area contributed by atoms with Gasteiger partial charge in [-0.2, -0.15) is 0 Å². The summed E-state index contributed by atoms with van der Waals surface area (Å²) in [6.07, 6.45) is 3.38. The molecule has 3 N–H and O–H groups in total. The third-order valence-electron chi connectivity index (χ3n) is 4.77. The van der Waals surface area contributed by atoms with Gasteiger partial charge in [0.1, 0.15) is 0 Å². The monoisotopic (exact) mass is 360 g/mol. The predicted octanol–water partition coefficient (Wildman–Crippen LogP) is 2.09. The van der Waals surface area contributed by atoms with E-state index in [2.05, 4.69) is 0 Å². The van der Waals surface area contributed by atoms with Crippen LogP contribution in [-0.4, -0.2) is 47.3 Å². The van der Waals surface area contributed by atoms with Crippen molar-refractivity contribution in [3.05, 3.63) is 22.4 Å². The first-order valence-electron chi connectivity index (χ1n) is 7.95. The standard InChI is InChI=1S/C16H24N2O3S.ClH/c17-16(4-2-5-16)10-15(20)18-6-7-21-11-12(18)9-13(19)14-3-1-8-22-14;/h1,3,8,12-13,19H,2,4-7,9-11,17H2;1H. The Morgan fingerprint density at radius 1 is 1.57 bits per heavy atom. The van der Waals surface area contributed by atoms with Crippen molar-refractivity contribution in [2.45, 2.75) is 49.8 Å². The molecule has 1 aromatic rings.